The molecule has 0 fully saturated rings. The van der Waals surface area contributed by atoms with E-state index in [4.69, 9.17) is 23.2 Å². The molecule has 4 heteroatoms. The first-order valence-electron chi connectivity index (χ1n) is 8.64. The van der Waals surface area contributed by atoms with E-state index >= 15 is 0 Å². The molecule has 0 N–H and O–H groups in total. The average molecular weight is 384 g/mol. The van der Waals surface area contributed by atoms with E-state index in [1.54, 1.807) is 0 Å². The number of hydrogen-bond acceptors (Lipinski definition) is 1. The second kappa shape index (κ2) is 6.29. The van der Waals surface area contributed by atoms with Crippen LogP contribution >= 0.6 is 23.2 Å². The zero-order valence-electron chi connectivity index (χ0n) is 14.7. The number of carbonyl (C=O) groups is 1. The summed E-state index contributed by atoms with van der Waals surface area (Å²) in [6.07, 6.45) is 1.41. The first kappa shape index (κ1) is 17.4. The van der Waals surface area contributed by atoms with E-state index in [0.717, 1.165) is 34.6 Å². The highest BCUT2D eigenvalue weighted by molar-refractivity contribution is 6.31. The monoisotopic (exact) mass is 383 g/mol. The molecule has 0 unspecified atom stereocenters. The molecule has 1 aliphatic carbocycles. The number of carbonyl (C=O) groups excluding carboxylic acids is 1. The quantitative estimate of drug-likeness (QED) is 0.488. The number of nitrogens with zero attached hydrogens (tertiary/aromatic N) is 1. The lowest BCUT2D eigenvalue weighted by Crippen LogP contribution is -2.27. The van der Waals surface area contributed by atoms with Gasteiger partial charge in [0.1, 0.15) is 0 Å². The molecule has 2 aromatic carbocycles. The zero-order chi connectivity index (χ0) is 18.5. The van der Waals surface area contributed by atoms with Crippen molar-refractivity contribution >= 4 is 29.0 Å². The molecule has 0 radical (unpaired) electrons. The number of aromatic nitrogens is 1. The van der Waals surface area contributed by atoms with Crippen LogP contribution in [0.25, 0.3) is 16.9 Å². The third kappa shape index (κ3) is 3.08. The van der Waals surface area contributed by atoms with Crippen molar-refractivity contribution < 1.29 is 4.79 Å². The van der Waals surface area contributed by atoms with E-state index in [9.17, 15) is 4.79 Å². The molecule has 0 bridgehead atoms. The van der Waals surface area contributed by atoms with Crippen LogP contribution in [0.4, 0.5) is 0 Å². The van der Waals surface area contributed by atoms with Gasteiger partial charge in [0, 0.05) is 33.4 Å². The lowest BCUT2D eigenvalue weighted by atomic mass is 9.76. The van der Waals surface area contributed by atoms with Gasteiger partial charge >= 0.3 is 0 Å². The molecule has 1 aromatic heterocycles. The molecule has 2 nitrogen and oxygen atoms in total. The number of rotatable bonds is 2. The molecule has 132 valence electrons. The summed E-state index contributed by atoms with van der Waals surface area (Å²) in [6, 6.07) is 17.5. The maximum atomic E-state index is 12.8. The molecule has 0 aliphatic heterocycles. The van der Waals surface area contributed by atoms with E-state index in [2.05, 4.69) is 18.4 Å². The number of ketones is 1. The molecule has 0 atom stereocenters. The topological polar surface area (TPSA) is 22.0 Å². The molecular formula is C22H19Cl2NO. The van der Waals surface area contributed by atoms with Gasteiger partial charge in [-0.2, -0.15) is 0 Å². The van der Waals surface area contributed by atoms with Gasteiger partial charge in [-0.3, -0.25) is 4.79 Å². The van der Waals surface area contributed by atoms with Gasteiger partial charge in [-0.05, 0) is 53.8 Å². The highest BCUT2D eigenvalue weighted by atomic mass is 35.5. The minimum Gasteiger partial charge on any atom is -0.313 e. The summed E-state index contributed by atoms with van der Waals surface area (Å²) in [5, 5.41) is 1.37. The Morgan fingerprint density at radius 3 is 2.35 bits per heavy atom. The van der Waals surface area contributed by atoms with Crippen LogP contribution in [-0.2, 0) is 6.42 Å². The van der Waals surface area contributed by atoms with Crippen molar-refractivity contribution in [2.45, 2.75) is 26.7 Å². The standard InChI is InChI=1S/C22H19Cl2NO/c1-22(2)12-20-18(21(26)13-22)11-19(14-6-8-15(23)9-7-14)25(20)17-5-3-4-16(24)10-17/h3-11H,12-13H2,1-2H3. The minimum absolute atomic E-state index is 0.0595. The van der Waals surface area contributed by atoms with E-state index in [-0.39, 0.29) is 11.2 Å². The third-order valence-electron chi connectivity index (χ3n) is 4.89. The predicted octanol–water partition coefficient (Wildman–Crippen LogP) is 6.61. The Morgan fingerprint density at radius 2 is 1.65 bits per heavy atom. The fraction of sp³-hybridized carbons (Fsp3) is 0.227. The van der Waals surface area contributed by atoms with Crippen molar-refractivity contribution in [2.24, 2.45) is 5.41 Å². The van der Waals surface area contributed by atoms with Gasteiger partial charge in [-0.25, -0.2) is 0 Å². The van der Waals surface area contributed by atoms with E-state index in [0.29, 0.717) is 16.5 Å². The van der Waals surface area contributed by atoms with Crippen molar-refractivity contribution in [3.63, 3.8) is 0 Å². The summed E-state index contributed by atoms with van der Waals surface area (Å²) >= 11 is 12.3. The molecular weight excluding hydrogens is 365 g/mol. The normalized spacial score (nSPS) is 15.8. The van der Waals surface area contributed by atoms with Crippen molar-refractivity contribution in [3.8, 4) is 16.9 Å². The molecule has 0 saturated carbocycles. The van der Waals surface area contributed by atoms with Gasteiger partial charge in [-0.15, -0.1) is 0 Å². The van der Waals surface area contributed by atoms with Crippen LogP contribution < -0.4 is 0 Å². The maximum absolute atomic E-state index is 12.8. The van der Waals surface area contributed by atoms with Crippen LogP contribution in [0.5, 0.6) is 0 Å². The number of Topliss-reactive ketones (excluding diaryl/α,β-unsaturated/α-hetero) is 1. The van der Waals surface area contributed by atoms with E-state index in [1.807, 2.05) is 54.6 Å². The highest BCUT2D eigenvalue weighted by Gasteiger charge is 2.35. The Morgan fingerprint density at radius 1 is 0.923 bits per heavy atom. The number of hydrogen-bond donors (Lipinski definition) is 0. The van der Waals surface area contributed by atoms with Crippen LogP contribution in [0.3, 0.4) is 0 Å². The highest BCUT2D eigenvalue weighted by Crippen LogP contribution is 2.40. The molecule has 0 spiro atoms. The molecule has 4 rings (SSSR count). The summed E-state index contributed by atoms with van der Waals surface area (Å²) < 4.78 is 2.17. The second-order valence-electron chi connectivity index (χ2n) is 7.65. The Labute approximate surface area is 163 Å². The first-order chi connectivity index (χ1) is 12.3. The SMILES string of the molecule is CC1(C)CC(=O)c2cc(-c3ccc(Cl)cc3)n(-c3cccc(Cl)c3)c2C1. The first-order valence-corrected chi connectivity index (χ1v) is 9.39. The summed E-state index contributed by atoms with van der Waals surface area (Å²) in [5.74, 6) is 0.201. The largest absolute Gasteiger partial charge is 0.313 e. The number of benzene rings is 2. The summed E-state index contributed by atoms with van der Waals surface area (Å²) in [4.78, 5) is 12.8. The van der Waals surface area contributed by atoms with Crippen molar-refractivity contribution in [1.82, 2.24) is 4.57 Å². The van der Waals surface area contributed by atoms with Gasteiger partial charge in [0.2, 0.25) is 0 Å². The molecule has 3 aromatic rings. The summed E-state index contributed by atoms with van der Waals surface area (Å²) in [5.41, 5.74) is 4.78. The van der Waals surface area contributed by atoms with Gasteiger partial charge < -0.3 is 4.57 Å². The lowest BCUT2D eigenvalue weighted by Gasteiger charge is -2.30. The minimum atomic E-state index is -0.0595. The molecule has 0 amide bonds. The van der Waals surface area contributed by atoms with Crippen LogP contribution in [0.15, 0.2) is 54.6 Å². The lowest BCUT2D eigenvalue weighted by molar-refractivity contribution is 0.0911. The van der Waals surface area contributed by atoms with Crippen molar-refractivity contribution in [2.75, 3.05) is 0 Å². The van der Waals surface area contributed by atoms with E-state index in [1.165, 1.54) is 0 Å². The summed E-state index contributed by atoms with van der Waals surface area (Å²) in [7, 11) is 0. The number of fused-ring (bicyclic) bond motifs is 1. The maximum Gasteiger partial charge on any atom is 0.165 e. The van der Waals surface area contributed by atoms with Crippen molar-refractivity contribution in [1.29, 1.82) is 0 Å². The van der Waals surface area contributed by atoms with Crippen LogP contribution in [0.2, 0.25) is 10.0 Å². The van der Waals surface area contributed by atoms with Gasteiger partial charge in [0.05, 0.1) is 5.69 Å². The molecule has 1 aliphatic rings. The second-order valence-corrected chi connectivity index (χ2v) is 8.53. The van der Waals surface area contributed by atoms with Gasteiger partial charge in [0.25, 0.3) is 0 Å². The van der Waals surface area contributed by atoms with Gasteiger partial charge in [-0.1, -0.05) is 55.2 Å². The third-order valence-corrected chi connectivity index (χ3v) is 5.38. The smallest absolute Gasteiger partial charge is 0.165 e. The summed E-state index contributed by atoms with van der Waals surface area (Å²) in [6.45, 7) is 4.29. The average Bonchev–Trinajstić information content (AvgIpc) is 2.94. The van der Waals surface area contributed by atoms with E-state index < -0.39 is 0 Å². The van der Waals surface area contributed by atoms with Gasteiger partial charge in [0.15, 0.2) is 5.78 Å². The number of halogens is 2. The molecule has 1 heterocycles. The van der Waals surface area contributed by atoms with Crippen LogP contribution in [-0.4, -0.2) is 10.4 Å². The van der Waals surface area contributed by atoms with Crippen LogP contribution in [0, 0.1) is 5.41 Å². The Bertz CT molecular complexity index is 999. The fourth-order valence-corrected chi connectivity index (χ4v) is 4.07. The zero-order valence-corrected chi connectivity index (χ0v) is 16.2. The Kier molecular flexibility index (Phi) is 4.21. The Balaban J connectivity index is 2.00. The molecule has 0 saturated heterocycles. The van der Waals surface area contributed by atoms with Crippen molar-refractivity contribution in [3.05, 3.63) is 75.9 Å². The fourth-order valence-electron chi connectivity index (χ4n) is 3.76. The molecule has 26 heavy (non-hydrogen) atoms. The Hall–Kier alpha value is -2.03. The predicted molar refractivity (Wildman–Crippen MR) is 108 cm³/mol. The van der Waals surface area contributed by atoms with Crippen LogP contribution in [0.1, 0.15) is 36.3 Å².